The second kappa shape index (κ2) is 5.99. The van der Waals surface area contributed by atoms with Gasteiger partial charge in [-0.25, -0.2) is 13.2 Å². The standard InChI is InChI=1S/C11H12ClNO4S/c1-8(2)11(14)17-13-18(15,16)7-9-3-5-10(12)6-4-9/h3-6,13H,1,7H2,2H3. The van der Waals surface area contributed by atoms with Crippen LogP contribution in [-0.4, -0.2) is 14.4 Å². The van der Waals surface area contributed by atoms with Crippen molar-refractivity contribution in [3.8, 4) is 0 Å². The SMILES string of the molecule is C=C(C)C(=O)ONS(=O)(=O)Cc1ccc(Cl)cc1. The van der Waals surface area contributed by atoms with Gasteiger partial charge in [0.2, 0.25) is 10.0 Å². The van der Waals surface area contributed by atoms with Crippen molar-refractivity contribution in [1.29, 1.82) is 0 Å². The Morgan fingerprint density at radius 1 is 1.39 bits per heavy atom. The first-order valence-corrected chi connectivity index (χ1v) is 6.94. The summed E-state index contributed by atoms with van der Waals surface area (Å²) in [5, 5.41) is 0.512. The van der Waals surface area contributed by atoms with Gasteiger partial charge in [0, 0.05) is 10.6 Å². The number of rotatable bonds is 5. The van der Waals surface area contributed by atoms with Gasteiger partial charge in [-0.3, -0.25) is 0 Å². The largest absolute Gasteiger partial charge is 0.352 e. The highest BCUT2D eigenvalue weighted by Crippen LogP contribution is 2.11. The van der Waals surface area contributed by atoms with E-state index in [1.54, 1.807) is 29.2 Å². The summed E-state index contributed by atoms with van der Waals surface area (Å²) in [4.78, 5) is 17.1. The molecule has 0 spiro atoms. The van der Waals surface area contributed by atoms with Gasteiger partial charge < -0.3 is 4.84 Å². The van der Waals surface area contributed by atoms with Gasteiger partial charge >= 0.3 is 5.97 Å². The maximum atomic E-state index is 11.6. The van der Waals surface area contributed by atoms with E-state index in [0.29, 0.717) is 10.6 Å². The third kappa shape index (κ3) is 4.87. The van der Waals surface area contributed by atoms with Crippen molar-refractivity contribution in [2.24, 2.45) is 0 Å². The van der Waals surface area contributed by atoms with Crippen LogP contribution < -0.4 is 4.89 Å². The van der Waals surface area contributed by atoms with Crippen molar-refractivity contribution in [1.82, 2.24) is 4.89 Å². The summed E-state index contributed by atoms with van der Waals surface area (Å²) in [5.74, 6) is -1.14. The lowest BCUT2D eigenvalue weighted by molar-refractivity contribution is -0.142. The molecule has 0 unspecified atom stereocenters. The predicted octanol–water partition coefficient (Wildman–Crippen LogP) is 1.79. The molecule has 5 nitrogen and oxygen atoms in total. The van der Waals surface area contributed by atoms with Crippen LogP contribution in [0.4, 0.5) is 0 Å². The summed E-state index contributed by atoms with van der Waals surface area (Å²) < 4.78 is 23.1. The lowest BCUT2D eigenvalue weighted by Crippen LogP contribution is -2.28. The van der Waals surface area contributed by atoms with Crippen LogP contribution in [0.2, 0.25) is 5.02 Å². The molecule has 0 aliphatic heterocycles. The molecular weight excluding hydrogens is 278 g/mol. The molecule has 0 aliphatic rings. The average molecular weight is 290 g/mol. The maximum Gasteiger partial charge on any atom is 0.352 e. The van der Waals surface area contributed by atoms with E-state index in [9.17, 15) is 13.2 Å². The lowest BCUT2D eigenvalue weighted by atomic mass is 10.2. The molecule has 1 aromatic rings. The molecule has 18 heavy (non-hydrogen) atoms. The molecule has 0 bridgehead atoms. The highest BCUT2D eigenvalue weighted by atomic mass is 35.5. The van der Waals surface area contributed by atoms with Crippen LogP contribution in [0.5, 0.6) is 0 Å². The van der Waals surface area contributed by atoms with Crippen LogP contribution in [0, 0.1) is 0 Å². The molecule has 1 aromatic carbocycles. The number of carbonyl (C=O) groups excluding carboxylic acids is 1. The van der Waals surface area contributed by atoms with Gasteiger partial charge in [0.1, 0.15) is 0 Å². The Morgan fingerprint density at radius 3 is 2.44 bits per heavy atom. The molecule has 0 radical (unpaired) electrons. The summed E-state index contributed by atoms with van der Waals surface area (Å²) in [6.07, 6.45) is 0. The molecule has 0 aromatic heterocycles. The molecule has 0 atom stereocenters. The summed E-state index contributed by atoms with van der Waals surface area (Å²) in [5.41, 5.74) is 0.627. The molecule has 1 N–H and O–H groups in total. The van der Waals surface area contributed by atoms with Gasteiger partial charge in [-0.05, 0) is 29.5 Å². The minimum Gasteiger partial charge on any atom is -0.352 e. The van der Waals surface area contributed by atoms with Gasteiger partial charge in [0.25, 0.3) is 0 Å². The van der Waals surface area contributed by atoms with E-state index < -0.39 is 16.0 Å². The van der Waals surface area contributed by atoms with E-state index in [1.165, 1.54) is 6.92 Å². The van der Waals surface area contributed by atoms with Crippen molar-refractivity contribution in [2.45, 2.75) is 12.7 Å². The average Bonchev–Trinajstić information content (AvgIpc) is 2.29. The van der Waals surface area contributed by atoms with Gasteiger partial charge in [-0.1, -0.05) is 30.3 Å². The van der Waals surface area contributed by atoms with Crippen LogP contribution in [-0.2, 0) is 25.4 Å². The summed E-state index contributed by atoms with van der Waals surface area (Å²) >= 11 is 5.68. The first-order chi connectivity index (χ1) is 8.30. The molecule has 0 saturated heterocycles. The minimum atomic E-state index is -3.75. The molecule has 98 valence electrons. The zero-order valence-corrected chi connectivity index (χ0v) is 11.2. The third-order valence-electron chi connectivity index (χ3n) is 1.88. The van der Waals surface area contributed by atoms with Crippen LogP contribution in [0.15, 0.2) is 36.4 Å². The van der Waals surface area contributed by atoms with Crippen LogP contribution in [0.1, 0.15) is 12.5 Å². The molecule has 0 amide bonds. The van der Waals surface area contributed by atoms with E-state index in [2.05, 4.69) is 11.4 Å². The Hall–Kier alpha value is -1.37. The van der Waals surface area contributed by atoms with Gasteiger partial charge in [0.15, 0.2) is 0 Å². The van der Waals surface area contributed by atoms with E-state index in [1.807, 2.05) is 0 Å². The van der Waals surface area contributed by atoms with Gasteiger partial charge in [-0.2, -0.15) is 0 Å². The zero-order chi connectivity index (χ0) is 13.8. The fraction of sp³-hybridized carbons (Fsp3) is 0.182. The van der Waals surface area contributed by atoms with E-state index in [-0.39, 0.29) is 11.3 Å². The monoisotopic (exact) mass is 289 g/mol. The van der Waals surface area contributed by atoms with Crippen molar-refractivity contribution in [2.75, 3.05) is 0 Å². The van der Waals surface area contributed by atoms with E-state index in [4.69, 9.17) is 11.6 Å². The Kier molecular flexibility index (Phi) is 4.89. The minimum absolute atomic E-state index is 0.101. The normalized spacial score (nSPS) is 11.0. The molecular formula is C11H12ClNO4S. The van der Waals surface area contributed by atoms with E-state index >= 15 is 0 Å². The topological polar surface area (TPSA) is 72.5 Å². The summed E-state index contributed by atoms with van der Waals surface area (Å²) in [7, 11) is -3.75. The fourth-order valence-electron chi connectivity index (χ4n) is 1.02. The first kappa shape index (κ1) is 14.7. The smallest absolute Gasteiger partial charge is 0.352 e. The zero-order valence-electron chi connectivity index (χ0n) is 9.64. The summed E-state index contributed by atoms with van der Waals surface area (Å²) in [6, 6.07) is 6.29. The van der Waals surface area contributed by atoms with Crippen molar-refractivity contribution in [3.05, 3.63) is 47.0 Å². The second-order valence-electron chi connectivity index (χ2n) is 3.64. The number of nitrogens with one attached hydrogen (secondary N) is 1. The van der Waals surface area contributed by atoms with Gasteiger partial charge in [-0.15, -0.1) is 0 Å². The number of halogens is 1. The number of sulfonamides is 1. The number of hydrogen-bond acceptors (Lipinski definition) is 4. The first-order valence-electron chi connectivity index (χ1n) is 4.91. The van der Waals surface area contributed by atoms with Crippen molar-refractivity contribution >= 4 is 27.6 Å². The van der Waals surface area contributed by atoms with E-state index in [0.717, 1.165) is 0 Å². The molecule has 0 fully saturated rings. The Morgan fingerprint density at radius 2 is 1.94 bits per heavy atom. The molecule has 7 heteroatoms. The van der Waals surface area contributed by atoms with Crippen molar-refractivity contribution < 1.29 is 18.0 Å². The Bertz CT molecular complexity index is 551. The fourth-order valence-corrected chi connectivity index (χ4v) is 2.04. The van der Waals surface area contributed by atoms with Crippen LogP contribution in [0.3, 0.4) is 0 Å². The van der Waals surface area contributed by atoms with Crippen LogP contribution >= 0.6 is 11.6 Å². The Labute approximate surface area is 110 Å². The number of carbonyl (C=O) groups is 1. The predicted molar refractivity (Wildman–Crippen MR) is 68.1 cm³/mol. The van der Waals surface area contributed by atoms with Gasteiger partial charge in [0.05, 0.1) is 5.75 Å². The van der Waals surface area contributed by atoms with Crippen LogP contribution in [0.25, 0.3) is 0 Å². The highest BCUT2D eigenvalue weighted by molar-refractivity contribution is 7.88. The molecule has 0 heterocycles. The number of benzene rings is 1. The van der Waals surface area contributed by atoms with Crippen molar-refractivity contribution in [3.63, 3.8) is 0 Å². The quantitative estimate of drug-likeness (QED) is 0.662. The maximum absolute atomic E-state index is 11.6. The molecule has 0 aliphatic carbocycles. The summed E-state index contributed by atoms with van der Waals surface area (Å²) in [6.45, 7) is 4.74. The molecule has 1 rings (SSSR count). The second-order valence-corrected chi connectivity index (χ2v) is 5.76. The molecule has 0 saturated carbocycles. The lowest BCUT2D eigenvalue weighted by Gasteiger charge is -2.06. The highest BCUT2D eigenvalue weighted by Gasteiger charge is 2.14. The Balaban J connectivity index is 2.62. The third-order valence-corrected chi connectivity index (χ3v) is 3.18. The number of hydrogen-bond donors (Lipinski definition) is 1.